The second kappa shape index (κ2) is 9.99. The fourth-order valence-electron chi connectivity index (χ4n) is 3.68. The van der Waals surface area contributed by atoms with Crippen LogP contribution in [0.4, 0.5) is 10.5 Å². The topological polar surface area (TPSA) is 103 Å². The SMILES string of the molecule is COc1ccc(S(=O)(=O)C2CCN(C(=O)Nc3cc(OC)c(OC)c(OC)c3)CC2)cc1. The average molecular weight is 465 g/mol. The number of ether oxygens (including phenoxy) is 4. The van der Waals surface area contributed by atoms with Gasteiger partial charge in [0.15, 0.2) is 21.3 Å². The van der Waals surface area contributed by atoms with E-state index in [1.165, 1.54) is 28.4 Å². The molecule has 0 aromatic heterocycles. The van der Waals surface area contributed by atoms with E-state index < -0.39 is 15.1 Å². The van der Waals surface area contributed by atoms with Crippen LogP contribution < -0.4 is 24.3 Å². The first-order valence-corrected chi connectivity index (χ1v) is 11.6. The third kappa shape index (κ3) is 4.85. The first-order valence-electron chi connectivity index (χ1n) is 10.1. The highest BCUT2D eigenvalue weighted by Crippen LogP contribution is 2.40. The number of rotatable bonds is 7. The van der Waals surface area contributed by atoms with Gasteiger partial charge in [-0.15, -0.1) is 0 Å². The van der Waals surface area contributed by atoms with Gasteiger partial charge in [0, 0.05) is 25.2 Å². The highest BCUT2D eigenvalue weighted by atomic mass is 32.2. The fraction of sp³-hybridized carbons (Fsp3) is 0.409. The number of sulfone groups is 1. The van der Waals surface area contributed by atoms with Crippen molar-refractivity contribution >= 4 is 21.6 Å². The van der Waals surface area contributed by atoms with E-state index >= 15 is 0 Å². The molecule has 10 heteroatoms. The monoisotopic (exact) mass is 464 g/mol. The number of urea groups is 1. The van der Waals surface area contributed by atoms with Gasteiger partial charge in [0.1, 0.15) is 5.75 Å². The summed E-state index contributed by atoms with van der Waals surface area (Å²) in [6, 6.07) is 9.33. The summed E-state index contributed by atoms with van der Waals surface area (Å²) in [6.45, 7) is 0.659. The number of hydrogen-bond acceptors (Lipinski definition) is 7. The largest absolute Gasteiger partial charge is 0.497 e. The molecule has 0 aliphatic carbocycles. The van der Waals surface area contributed by atoms with Gasteiger partial charge in [0.25, 0.3) is 0 Å². The molecule has 2 amide bonds. The van der Waals surface area contributed by atoms with Gasteiger partial charge in [-0.3, -0.25) is 0 Å². The quantitative estimate of drug-likeness (QED) is 0.671. The van der Waals surface area contributed by atoms with E-state index in [9.17, 15) is 13.2 Å². The fourth-order valence-corrected chi connectivity index (χ4v) is 5.41. The number of nitrogens with zero attached hydrogens (tertiary/aromatic N) is 1. The van der Waals surface area contributed by atoms with Crippen molar-refractivity contribution in [3.05, 3.63) is 36.4 Å². The van der Waals surface area contributed by atoms with Crippen LogP contribution in [-0.2, 0) is 9.84 Å². The second-order valence-electron chi connectivity index (χ2n) is 7.25. The van der Waals surface area contributed by atoms with E-state index in [1.54, 1.807) is 41.3 Å². The van der Waals surface area contributed by atoms with E-state index in [2.05, 4.69) is 5.32 Å². The molecule has 1 aliphatic heterocycles. The van der Waals surface area contributed by atoms with Crippen LogP contribution in [0.15, 0.2) is 41.3 Å². The number of amides is 2. The van der Waals surface area contributed by atoms with Crippen molar-refractivity contribution in [2.24, 2.45) is 0 Å². The highest BCUT2D eigenvalue weighted by Gasteiger charge is 2.33. The van der Waals surface area contributed by atoms with Gasteiger partial charge in [0.05, 0.1) is 44.3 Å². The summed E-state index contributed by atoms with van der Waals surface area (Å²) in [4.78, 5) is 14.6. The van der Waals surface area contributed by atoms with Crippen molar-refractivity contribution in [1.29, 1.82) is 0 Å². The molecule has 1 saturated heterocycles. The Balaban J connectivity index is 1.65. The van der Waals surface area contributed by atoms with Crippen LogP contribution in [-0.4, -0.2) is 66.1 Å². The molecule has 1 N–H and O–H groups in total. The first kappa shape index (κ1) is 23.5. The summed E-state index contributed by atoms with van der Waals surface area (Å²) in [7, 11) is 2.55. The van der Waals surface area contributed by atoms with Crippen molar-refractivity contribution in [1.82, 2.24) is 4.90 Å². The summed E-state index contributed by atoms with van der Waals surface area (Å²) >= 11 is 0. The van der Waals surface area contributed by atoms with Crippen molar-refractivity contribution in [3.8, 4) is 23.0 Å². The third-order valence-corrected chi connectivity index (χ3v) is 7.75. The minimum absolute atomic E-state index is 0.263. The van der Waals surface area contributed by atoms with Crippen LogP contribution in [0.25, 0.3) is 0 Å². The summed E-state index contributed by atoms with van der Waals surface area (Å²) < 4.78 is 46.9. The molecule has 1 aliphatic rings. The number of methoxy groups -OCH3 is 4. The lowest BCUT2D eigenvalue weighted by atomic mass is 10.1. The Labute approximate surface area is 188 Å². The Hall–Kier alpha value is -3.14. The van der Waals surface area contributed by atoms with Gasteiger partial charge >= 0.3 is 6.03 Å². The molecule has 0 radical (unpaired) electrons. The molecule has 3 rings (SSSR count). The second-order valence-corrected chi connectivity index (χ2v) is 9.48. The first-order chi connectivity index (χ1) is 15.3. The lowest BCUT2D eigenvalue weighted by Crippen LogP contribution is -2.44. The normalized spacial score (nSPS) is 14.6. The number of nitrogens with one attached hydrogen (secondary N) is 1. The maximum Gasteiger partial charge on any atom is 0.321 e. The zero-order valence-corrected chi connectivity index (χ0v) is 19.4. The van der Waals surface area contributed by atoms with Crippen molar-refractivity contribution < 1.29 is 32.2 Å². The molecule has 0 unspecified atom stereocenters. The lowest BCUT2D eigenvalue weighted by molar-refractivity contribution is 0.200. The molecule has 0 spiro atoms. The molecular weight excluding hydrogens is 436 g/mol. The minimum atomic E-state index is -3.48. The summed E-state index contributed by atoms with van der Waals surface area (Å²) in [5.41, 5.74) is 0.484. The molecule has 32 heavy (non-hydrogen) atoms. The van der Waals surface area contributed by atoms with E-state index in [0.717, 1.165) is 0 Å². The number of likely N-dealkylation sites (tertiary alicyclic amines) is 1. The van der Waals surface area contributed by atoms with Gasteiger partial charge < -0.3 is 29.2 Å². The molecule has 174 valence electrons. The van der Waals surface area contributed by atoms with Crippen LogP contribution in [0.3, 0.4) is 0 Å². The summed E-state index contributed by atoms with van der Waals surface area (Å²) in [5, 5.41) is 2.28. The minimum Gasteiger partial charge on any atom is -0.497 e. The number of carbonyl (C=O) groups is 1. The highest BCUT2D eigenvalue weighted by molar-refractivity contribution is 7.92. The summed E-state index contributed by atoms with van der Waals surface area (Å²) in [6.07, 6.45) is 0.716. The number of benzene rings is 2. The van der Waals surface area contributed by atoms with E-state index in [0.29, 0.717) is 54.6 Å². The van der Waals surface area contributed by atoms with Crippen molar-refractivity contribution in [2.45, 2.75) is 23.0 Å². The Bertz CT molecular complexity index is 1020. The van der Waals surface area contributed by atoms with Crippen LogP contribution in [0, 0.1) is 0 Å². The van der Waals surface area contributed by atoms with Gasteiger partial charge in [-0.05, 0) is 37.1 Å². The zero-order chi connectivity index (χ0) is 23.3. The molecular formula is C22H28N2O7S. The molecule has 0 saturated carbocycles. The molecule has 2 aromatic carbocycles. The number of piperidine rings is 1. The number of carbonyl (C=O) groups excluding carboxylic acids is 1. The molecule has 1 heterocycles. The lowest BCUT2D eigenvalue weighted by Gasteiger charge is -2.31. The number of anilines is 1. The van der Waals surface area contributed by atoms with Crippen molar-refractivity contribution in [2.75, 3.05) is 46.8 Å². The van der Waals surface area contributed by atoms with Crippen LogP contribution in [0.5, 0.6) is 23.0 Å². The van der Waals surface area contributed by atoms with Crippen molar-refractivity contribution in [3.63, 3.8) is 0 Å². The van der Waals surface area contributed by atoms with Crippen LogP contribution in [0.2, 0.25) is 0 Å². The van der Waals surface area contributed by atoms with Gasteiger partial charge in [-0.1, -0.05) is 0 Å². The van der Waals surface area contributed by atoms with Crippen LogP contribution in [0.1, 0.15) is 12.8 Å². The predicted molar refractivity (Wildman–Crippen MR) is 120 cm³/mol. The Morgan fingerprint density at radius 3 is 1.94 bits per heavy atom. The summed E-state index contributed by atoms with van der Waals surface area (Å²) in [5.74, 6) is 1.87. The smallest absolute Gasteiger partial charge is 0.321 e. The van der Waals surface area contributed by atoms with E-state index in [4.69, 9.17) is 18.9 Å². The number of hydrogen-bond donors (Lipinski definition) is 1. The van der Waals surface area contributed by atoms with Gasteiger partial charge in [-0.25, -0.2) is 13.2 Å². The molecule has 0 atom stereocenters. The van der Waals surface area contributed by atoms with E-state index in [1.807, 2.05) is 0 Å². The Kier molecular flexibility index (Phi) is 7.34. The molecule has 9 nitrogen and oxygen atoms in total. The standard InChI is InChI=1S/C22H28N2O7S/c1-28-16-5-7-17(8-6-16)32(26,27)18-9-11-24(12-10-18)22(25)23-15-13-19(29-2)21(31-4)20(14-15)30-3/h5-8,13-14,18H,9-12H2,1-4H3,(H,23,25). The Morgan fingerprint density at radius 2 is 1.47 bits per heavy atom. The van der Waals surface area contributed by atoms with Crippen LogP contribution >= 0.6 is 0 Å². The maximum absolute atomic E-state index is 13.0. The van der Waals surface area contributed by atoms with Gasteiger partial charge in [0.2, 0.25) is 5.75 Å². The average Bonchev–Trinajstić information content (AvgIpc) is 2.83. The third-order valence-electron chi connectivity index (χ3n) is 5.47. The molecule has 2 aromatic rings. The predicted octanol–water partition coefficient (Wildman–Crippen LogP) is 3.19. The molecule has 1 fully saturated rings. The Morgan fingerprint density at radius 1 is 0.906 bits per heavy atom. The maximum atomic E-state index is 13.0. The zero-order valence-electron chi connectivity index (χ0n) is 18.6. The van der Waals surface area contributed by atoms with E-state index in [-0.39, 0.29) is 10.9 Å². The van der Waals surface area contributed by atoms with Gasteiger partial charge in [-0.2, -0.15) is 0 Å². The molecule has 0 bridgehead atoms.